The fraction of sp³-hybridized carbons (Fsp3) is 0.500. The summed E-state index contributed by atoms with van der Waals surface area (Å²) in [5, 5.41) is 0. The first-order chi connectivity index (χ1) is 3.85. The fourth-order valence-electron chi connectivity index (χ4n) is 0.330. The van der Waals surface area contributed by atoms with E-state index in [9.17, 15) is 4.79 Å². The number of rotatable bonds is 4. The lowest BCUT2D eigenvalue weighted by molar-refractivity contribution is 0.138. The number of hydrogen-bond acceptors (Lipinski definition) is 2. The lowest BCUT2D eigenvalue weighted by atomic mass is 10.4. The van der Waals surface area contributed by atoms with Crippen molar-refractivity contribution < 1.29 is 9.53 Å². The van der Waals surface area contributed by atoms with E-state index in [2.05, 4.69) is 6.58 Å². The zero-order valence-electron chi connectivity index (χ0n) is 4.89. The van der Waals surface area contributed by atoms with E-state index >= 15 is 0 Å². The summed E-state index contributed by atoms with van der Waals surface area (Å²) in [6.07, 6.45) is 2.53. The molecule has 2 heteroatoms. The average Bonchev–Trinajstić information content (AvgIpc) is 1.83. The Morgan fingerprint density at radius 3 is 2.75 bits per heavy atom. The molecular formula is C6H9O2. The van der Waals surface area contributed by atoms with Crippen LogP contribution in [0.15, 0.2) is 12.7 Å². The average molecular weight is 113 g/mol. The van der Waals surface area contributed by atoms with Crippen molar-refractivity contribution in [2.75, 3.05) is 6.61 Å². The van der Waals surface area contributed by atoms with Crippen LogP contribution >= 0.6 is 0 Å². The summed E-state index contributed by atoms with van der Waals surface area (Å²) in [5.74, 6) is 0. The van der Waals surface area contributed by atoms with Crippen molar-refractivity contribution in [2.24, 2.45) is 0 Å². The van der Waals surface area contributed by atoms with Gasteiger partial charge in [0.05, 0.1) is 0 Å². The lowest BCUT2D eigenvalue weighted by Crippen LogP contribution is -2.09. The first-order valence-corrected chi connectivity index (χ1v) is 2.47. The molecule has 1 unspecified atom stereocenters. The van der Waals surface area contributed by atoms with E-state index in [-0.39, 0.29) is 0 Å². The van der Waals surface area contributed by atoms with Crippen LogP contribution in [0.1, 0.15) is 6.92 Å². The summed E-state index contributed by atoms with van der Waals surface area (Å²) < 4.78 is 4.80. The molecule has 0 aliphatic carbocycles. The molecule has 45 valence electrons. The summed E-state index contributed by atoms with van der Waals surface area (Å²) in [4.78, 5) is 9.80. The monoisotopic (exact) mass is 113 g/mol. The van der Waals surface area contributed by atoms with Crippen LogP contribution in [0.5, 0.6) is 0 Å². The minimum atomic E-state index is -0.542. The second-order valence-corrected chi connectivity index (χ2v) is 1.23. The lowest BCUT2D eigenvalue weighted by Gasteiger charge is -1.99. The Labute approximate surface area is 49.1 Å². The Balaban J connectivity index is 3.35. The van der Waals surface area contributed by atoms with Crippen molar-refractivity contribution in [1.82, 2.24) is 0 Å². The molecule has 8 heavy (non-hydrogen) atoms. The first-order valence-electron chi connectivity index (χ1n) is 2.47. The second kappa shape index (κ2) is 4.53. The van der Waals surface area contributed by atoms with E-state index in [1.54, 1.807) is 6.29 Å². The van der Waals surface area contributed by atoms with Gasteiger partial charge in [-0.05, 0) is 6.92 Å². The zero-order valence-corrected chi connectivity index (χ0v) is 4.89. The first kappa shape index (κ1) is 7.37. The maximum atomic E-state index is 9.80. The summed E-state index contributed by atoms with van der Waals surface area (Å²) in [6, 6.07) is 0. The Bertz CT molecular complexity index is 70.6. The molecule has 0 aliphatic heterocycles. The molecule has 0 saturated carbocycles. The smallest absolute Gasteiger partial charge is 0.234 e. The molecule has 1 atom stereocenters. The highest BCUT2D eigenvalue weighted by molar-refractivity contribution is 5.59. The van der Waals surface area contributed by atoms with Crippen LogP contribution in [0.3, 0.4) is 0 Å². The van der Waals surface area contributed by atoms with Gasteiger partial charge in [0.2, 0.25) is 6.29 Å². The molecule has 0 N–H and O–H groups in total. The Hall–Kier alpha value is -0.630. The van der Waals surface area contributed by atoms with Crippen LogP contribution in [-0.4, -0.2) is 19.0 Å². The molecule has 0 aromatic heterocycles. The molecule has 0 spiro atoms. The van der Waals surface area contributed by atoms with Gasteiger partial charge in [-0.25, -0.2) is 0 Å². The van der Waals surface area contributed by atoms with Gasteiger partial charge in [0.1, 0.15) is 6.10 Å². The Morgan fingerprint density at radius 1 is 2.00 bits per heavy atom. The molecule has 0 fully saturated rings. The van der Waals surface area contributed by atoms with E-state index in [4.69, 9.17) is 4.74 Å². The van der Waals surface area contributed by atoms with Crippen molar-refractivity contribution in [2.45, 2.75) is 13.0 Å². The molecular weight excluding hydrogens is 104 g/mol. The fourth-order valence-corrected chi connectivity index (χ4v) is 0.330. The molecule has 1 radical (unpaired) electrons. The third kappa shape index (κ3) is 2.53. The normalized spacial score (nSPS) is 12.6. The predicted octanol–water partition coefficient (Wildman–Crippen LogP) is 0.687. The Kier molecular flexibility index (Phi) is 4.17. The van der Waals surface area contributed by atoms with Gasteiger partial charge in [-0.3, -0.25) is 4.79 Å². The van der Waals surface area contributed by atoms with Gasteiger partial charge in [0.25, 0.3) is 0 Å². The summed E-state index contributed by atoms with van der Waals surface area (Å²) in [6.45, 7) is 5.70. The van der Waals surface area contributed by atoms with Gasteiger partial charge in [-0.1, -0.05) is 6.08 Å². The van der Waals surface area contributed by atoms with Gasteiger partial charge < -0.3 is 4.74 Å². The third-order valence-corrected chi connectivity index (χ3v) is 0.676. The standard InChI is InChI=1S/C6H9O2/c1-3-6(5-7)8-4-2/h3,6H,1,4H2,2H3. The highest BCUT2D eigenvalue weighted by Gasteiger charge is 1.97. The van der Waals surface area contributed by atoms with Crippen molar-refractivity contribution in [3.8, 4) is 0 Å². The van der Waals surface area contributed by atoms with Gasteiger partial charge in [-0.2, -0.15) is 0 Å². The molecule has 0 aliphatic rings. The number of hydrogen-bond donors (Lipinski definition) is 0. The van der Waals surface area contributed by atoms with Crippen LogP contribution < -0.4 is 0 Å². The van der Waals surface area contributed by atoms with Gasteiger partial charge in [0, 0.05) is 6.61 Å². The zero-order chi connectivity index (χ0) is 6.41. The molecule has 0 aromatic rings. The summed E-state index contributed by atoms with van der Waals surface area (Å²) in [7, 11) is 0. The van der Waals surface area contributed by atoms with Crippen LogP contribution in [-0.2, 0) is 9.53 Å². The van der Waals surface area contributed by atoms with Crippen molar-refractivity contribution >= 4 is 6.29 Å². The van der Waals surface area contributed by atoms with Crippen molar-refractivity contribution in [3.05, 3.63) is 12.7 Å². The maximum absolute atomic E-state index is 9.80. The number of ether oxygens (including phenoxy) is 1. The Morgan fingerprint density at radius 2 is 2.62 bits per heavy atom. The molecule has 0 heterocycles. The molecule has 0 bridgehead atoms. The van der Waals surface area contributed by atoms with Gasteiger partial charge in [0.15, 0.2) is 0 Å². The highest BCUT2D eigenvalue weighted by Crippen LogP contribution is 1.85. The quantitative estimate of drug-likeness (QED) is 0.501. The van der Waals surface area contributed by atoms with E-state index < -0.39 is 6.10 Å². The van der Waals surface area contributed by atoms with Crippen LogP contribution in [0.25, 0.3) is 0 Å². The minimum absolute atomic E-state index is 0.520. The molecule has 2 nitrogen and oxygen atoms in total. The summed E-state index contributed by atoms with van der Waals surface area (Å²) >= 11 is 0. The number of carbonyl (C=O) groups excluding carboxylic acids is 1. The van der Waals surface area contributed by atoms with E-state index in [0.29, 0.717) is 6.61 Å². The van der Waals surface area contributed by atoms with Gasteiger partial charge in [-0.15, -0.1) is 6.58 Å². The molecule has 0 aromatic carbocycles. The largest absolute Gasteiger partial charge is 0.366 e. The van der Waals surface area contributed by atoms with Crippen molar-refractivity contribution in [3.63, 3.8) is 0 Å². The molecule has 0 saturated heterocycles. The van der Waals surface area contributed by atoms with Gasteiger partial charge >= 0.3 is 0 Å². The minimum Gasteiger partial charge on any atom is -0.366 e. The van der Waals surface area contributed by atoms with Crippen LogP contribution in [0, 0.1) is 0 Å². The highest BCUT2D eigenvalue weighted by atomic mass is 16.5. The topological polar surface area (TPSA) is 26.3 Å². The second-order valence-electron chi connectivity index (χ2n) is 1.23. The SMILES string of the molecule is C=CC([C]=O)OCC. The molecule has 0 amide bonds. The summed E-state index contributed by atoms with van der Waals surface area (Å²) in [5.41, 5.74) is 0. The third-order valence-electron chi connectivity index (χ3n) is 0.676. The van der Waals surface area contributed by atoms with Crippen molar-refractivity contribution in [1.29, 1.82) is 0 Å². The van der Waals surface area contributed by atoms with Crippen LogP contribution in [0.4, 0.5) is 0 Å². The van der Waals surface area contributed by atoms with Crippen LogP contribution in [0.2, 0.25) is 0 Å². The van der Waals surface area contributed by atoms with E-state index in [1.165, 1.54) is 6.08 Å². The predicted molar refractivity (Wildman–Crippen MR) is 31.3 cm³/mol. The molecule has 0 rings (SSSR count). The van der Waals surface area contributed by atoms with E-state index in [1.807, 2.05) is 6.92 Å². The van der Waals surface area contributed by atoms with E-state index in [0.717, 1.165) is 0 Å². The maximum Gasteiger partial charge on any atom is 0.234 e.